The highest BCUT2D eigenvalue weighted by Crippen LogP contribution is 2.37. The molecule has 5 heteroatoms. The number of hydrogen-bond donors (Lipinski definition) is 3. The number of nitrogens with zero attached hydrogens (tertiary/aromatic N) is 1. The lowest BCUT2D eigenvalue weighted by Crippen LogP contribution is -2.39. The van der Waals surface area contributed by atoms with Crippen LogP contribution in [0.1, 0.15) is 6.42 Å². The fourth-order valence-electron chi connectivity index (χ4n) is 3.22. The molecule has 22 heavy (non-hydrogen) atoms. The van der Waals surface area contributed by atoms with Gasteiger partial charge in [-0.25, -0.2) is 0 Å². The molecule has 0 fully saturated rings. The molecule has 112 valence electrons. The van der Waals surface area contributed by atoms with Crippen LogP contribution in [0.25, 0.3) is 10.8 Å². The molecule has 5 nitrogen and oxygen atoms in total. The minimum absolute atomic E-state index is 0.0274. The van der Waals surface area contributed by atoms with Gasteiger partial charge in [0.1, 0.15) is 6.17 Å². The molecule has 2 aliphatic rings. The van der Waals surface area contributed by atoms with Crippen LogP contribution >= 0.6 is 0 Å². The van der Waals surface area contributed by atoms with Crippen molar-refractivity contribution in [1.82, 2.24) is 5.23 Å². The fraction of sp³-hybridized carbons (Fsp3) is 0.176. The maximum Gasteiger partial charge on any atom is 0.103 e. The van der Waals surface area contributed by atoms with Crippen LogP contribution in [0, 0.1) is 11.1 Å². The zero-order valence-corrected chi connectivity index (χ0v) is 11.9. The standard InChI is InChI=1S/C17H16N3O2/c21-20(22)13-7-1-6-12(10-13)17-18-14-8-2-4-11-5-3-9-15(19-17)16(11)14/h1-9,12,17-19,21H,10H2/q-1. The highest BCUT2D eigenvalue weighted by Gasteiger charge is 2.26. The Balaban J connectivity index is 1.65. The van der Waals surface area contributed by atoms with Gasteiger partial charge in [-0.05, 0) is 30.0 Å². The number of nitrogens with one attached hydrogen (secondary N) is 2. The summed E-state index contributed by atoms with van der Waals surface area (Å²) in [6, 6.07) is 12.4. The molecule has 0 saturated heterocycles. The minimum atomic E-state index is -0.0476. The molecule has 1 atom stereocenters. The first kappa shape index (κ1) is 13.2. The predicted octanol–water partition coefficient (Wildman–Crippen LogP) is 3.65. The van der Waals surface area contributed by atoms with Crippen molar-refractivity contribution in [3.05, 3.63) is 65.5 Å². The SMILES string of the molecule is [O-]N(O)C1=CC=CC(C2Nc3cccc4cccc(c34)N2)C1. The molecular formula is C17H16N3O2-. The molecule has 1 unspecified atom stereocenters. The summed E-state index contributed by atoms with van der Waals surface area (Å²) in [5.74, 6) is 0.0761. The van der Waals surface area contributed by atoms with Gasteiger partial charge in [0.05, 0.1) is 0 Å². The van der Waals surface area contributed by atoms with Crippen LogP contribution in [-0.2, 0) is 0 Å². The maximum atomic E-state index is 11.1. The van der Waals surface area contributed by atoms with Gasteiger partial charge in [0.15, 0.2) is 0 Å². The van der Waals surface area contributed by atoms with Crippen molar-refractivity contribution < 1.29 is 5.21 Å². The first-order valence-electron chi connectivity index (χ1n) is 7.31. The topological polar surface area (TPSA) is 70.6 Å². The highest BCUT2D eigenvalue weighted by molar-refractivity contribution is 6.04. The van der Waals surface area contributed by atoms with Gasteiger partial charge in [-0.15, -0.1) is 0 Å². The maximum absolute atomic E-state index is 11.1. The lowest BCUT2D eigenvalue weighted by Gasteiger charge is -2.37. The van der Waals surface area contributed by atoms with E-state index in [1.54, 1.807) is 6.08 Å². The molecule has 1 aliphatic heterocycles. The highest BCUT2D eigenvalue weighted by atomic mass is 16.8. The van der Waals surface area contributed by atoms with Gasteiger partial charge in [0, 0.05) is 28.4 Å². The van der Waals surface area contributed by atoms with E-state index in [2.05, 4.69) is 34.9 Å². The van der Waals surface area contributed by atoms with Crippen molar-refractivity contribution in [2.75, 3.05) is 10.6 Å². The number of allylic oxidation sites excluding steroid dienone is 3. The molecule has 0 radical (unpaired) electrons. The van der Waals surface area contributed by atoms with Crippen molar-refractivity contribution in [3.8, 4) is 0 Å². The summed E-state index contributed by atoms with van der Waals surface area (Å²) in [5.41, 5.74) is 2.54. The Bertz CT molecular complexity index is 742. The molecule has 4 rings (SSSR count). The molecule has 1 aliphatic carbocycles. The van der Waals surface area contributed by atoms with Crippen LogP contribution in [-0.4, -0.2) is 16.6 Å². The Morgan fingerprint density at radius 3 is 2.41 bits per heavy atom. The molecule has 0 spiro atoms. The molecule has 0 amide bonds. The quantitative estimate of drug-likeness (QED) is 0.737. The molecule has 2 aromatic rings. The second kappa shape index (κ2) is 5.05. The molecule has 0 aromatic heterocycles. The third-order valence-electron chi connectivity index (χ3n) is 4.29. The summed E-state index contributed by atoms with van der Waals surface area (Å²) in [5, 5.41) is 29.5. The van der Waals surface area contributed by atoms with Gasteiger partial charge < -0.3 is 21.1 Å². The first-order valence-corrected chi connectivity index (χ1v) is 7.31. The fourth-order valence-corrected chi connectivity index (χ4v) is 3.22. The number of hydroxylamine groups is 2. The monoisotopic (exact) mass is 294 g/mol. The summed E-state index contributed by atoms with van der Waals surface area (Å²) >= 11 is 0. The Morgan fingerprint density at radius 2 is 1.77 bits per heavy atom. The van der Waals surface area contributed by atoms with Crippen molar-refractivity contribution in [2.45, 2.75) is 12.6 Å². The zero-order valence-electron chi connectivity index (χ0n) is 11.9. The average Bonchev–Trinajstić information content (AvgIpc) is 2.55. The van der Waals surface area contributed by atoms with E-state index in [1.807, 2.05) is 24.3 Å². The van der Waals surface area contributed by atoms with Crippen LogP contribution in [0.5, 0.6) is 0 Å². The van der Waals surface area contributed by atoms with Crippen molar-refractivity contribution >= 4 is 22.1 Å². The third-order valence-corrected chi connectivity index (χ3v) is 4.29. The van der Waals surface area contributed by atoms with E-state index in [0.717, 1.165) is 11.4 Å². The molecule has 2 aromatic carbocycles. The van der Waals surface area contributed by atoms with Gasteiger partial charge >= 0.3 is 0 Å². The van der Waals surface area contributed by atoms with Crippen molar-refractivity contribution in [2.24, 2.45) is 5.92 Å². The Morgan fingerprint density at radius 1 is 1.09 bits per heavy atom. The largest absolute Gasteiger partial charge is 0.734 e. The second-order valence-corrected chi connectivity index (χ2v) is 5.66. The van der Waals surface area contributed by atoms with Gasteiger partial charge in [-0.2, -0.15) is 0 Å². The Kier molecular flexibility index (Phi) is 3.03. The summed E-state index contributed by atoms with van der Waals surface area (Å²) < 4.78 is 0. The lowest BCUT2D eigenvalue weighted by molar-refractivity contribution is -0.00907. The average molecular weight is 294 g/mol. The van der Waals surface area contributed by atoms with Crippen molar-refractivity contribution in [1.29, 1.82) is 0 Å². The van der Waals surface area contributed by atoms with E-state index < -0.39 is 0 Å². The van der Waals surface area contributed by atoms with Gasteiger partial charge in [0.25, 0.3) is 0 Å². The summed E-state index contributed by atoms with van der Waals surface area (Å²) in [7, 11) is 0. The van der Waals surface area contributed by atoms with Crippen molar-refractivity contribution in [3.63, 3.8) is 0 Å². The third kappa shape index (κ3) is 2.11. The Hall–Kier alpha value is -2.50. The van der Waals surface area contributed by atoms with E-state index in [1.165, 1.54) is 10.8 Å². The molecule has 1 heterocycles. The zero-order chi connectivity index (χ0) is 15.1. The summed E-state index contributed by atoms with van der Waals surface area (Å²) in [4.78, 5) is 0. The van der Waals surface area contributed by atoms with E-state index in [4.69, 9.17) is 5.21 Å². The van der Waals surface area contributed by atoms with Gasteiger partial charge in [-0.3, -0.25) is 5.21 Å². The summed E-state index contributed by atoms with van der Waals surface area (Å²) in [6.45, 7) is 0. The van der Waals surface area contributed by atoms with Crippen LogP contribution in [0.2, 0.25) is 0 Å². The van der Waals surface area contributed by atoms with Gasteiger partial charge in [-0.1, -0.05) is 36.4 Å². The van der Waals surface area contributed by atoms with E-state index in [-0.39, 0.29) is 17.3 Å². The van der Waals surface area contributed by atoms with E-state index in [0.29, 0.717) is 12.1 Å². The summed E-state index contributed by atoms with van der Waals surface area (Å²) in [6.07, 6.45) is 5.96. The van der Waals surface area contributed by atoms with Crippen LogP contribution < -0.4 is 10.6 Å². The molecule has 0 bridgehead atoms. The molecular weight excluding hydrogens is 278 g/mol. The normalized spacial score (nSPS) is 20.3. The smallest absolute Gasteiger partial charge is 0.103 e. The predicted molar refractivity (Wildman–Crippen MR) is 87.3 cm³/mol. The number of anilines is 2. The second-order valence-electron chi connectivity index (χ2n) is 5.66. The lowest BCUT2D eigenvalue weighted by atomic mass is 9.92. The van der Waals surface area contributed by atoms with Crippen LogP contribution in [0.15, 0.2) is 60.3 Å². The minimum Gasteiger partial charge on any atom is -0.734 e. The van der Waals surface area contributed by atoms with Gasteiger partial charge in [0.2, 0.25) is 0 Å². The van der Waals surface area contributed by atoms with Crippen LogP contribution in [0.4, 0.5) is 11.4 Å². The molecule has 3 N–H and O–H groups in total. The first-order chi connectivity index (χ1) is 10.7. The Labute approximate surface area is 128 Å². The number of benzene rings is 2. The molecule has 0 saturated carbocycles. The van der Waals surface area contributed by atoms with Crippen LogP contribution in [0.3, 0.4) is 0 Å². The number of hydrogen-bond acceptors (Lipinski definition) is 5. The number of rotatable bonds is 2. The van der Waals surface area contributed by atoms with E-state index in [9.17, 15) is 5.21 Å². The van der Waals surface area contributed by atoms with E-state index >= 15 is 0 Å².